The molecule has 11 heteroatoms. The first-order valence-electron chi connectivity index (χ1n) is 13.9. The van der Waals surface area contributed by atoms with Crippen molar-refractivity contribution >= 4 is 45.8 Å². The van der Waals surface area contributed by atoms with Crippen molar-refractivity contribution in [1.29, 1.82) is 0 Å². The molecule has 1 aliphatic rings. The second kappa shape index (κ2) is 11.8. The van der Waals surface area contributed by atoms with Crippen LogP contribution in [0.3, 0.4) is 0 Å². The SMILES string of the molecule is CC(C)(C)CC(=O)NCc1ccc(Cl)c(C(=O)Nc2ccc3c(N4CCC4)nc(-c4ccc(C(F)(F)F)cc4)nc3c2)c1. The molecule has 0 unspecified atom stereocenters. The predicted molar refractivity (Wildman–Crippen MR) is 162 cm³/mol. The van der Waals surface area contributed by atoms with Gasteiger partial charge in [0.05, 0.1) is 21.7 Å². The van der Waals surface area contributed by atoms with Crippen LogP contribution in [0.1, 0.15) is 55.1 Å². The summed E-state index contributed by atoms with van der Waals surface area (Å²) >= 11 is 6.36. The van der Waals surface area contributed by atoms with Gasteiger partial charge in [0.15, 0.2) is 5.82 Å². The summed E-state index contributed by atoms with van der Waals surface area (Å²) in [5.41, 5.74) is 1.52. The number of alkyl halides is 3. The Kier molecular flexibility index (Phi) is 8.34. The molecule has 0 aliphatic carbocycles. The summed E-state index contributed by atoms with van der Waals surface area (Å²) in [5.74, 6) is 0.455. The third-order valence-electron chi connectivity index (χ3n) is 7.02. The van der Waals surface area contributed by atoms with E-state index in [2.05, 4.69) is 20.5 Å². The van der Waals surface area contributed by atoms with Gasteiger partial charge in [-0.25, -0.2) is 9.97 Å². The van der Waals surface area contributed by atoms with Crippen LogP contribution >= 0.6 is 11.6 Å². The average Bonchev–Trinajstić information content (AvgIpc) is 2.90. The number of amides is 2. The normalized spacial score (nSPS) is 13.5. The highest BCUT2D eigenvalue weighted by atomic mass is 35.5. The van der Waals surface area contributed by atoms with Crippen molar-refractivity contribution in [2.75, 3.05) is 23.3 Å². The molecule has 1 aliphatic heterocycles. The lowest BCUT2D eigenvalue weighted by Gasteiger charge is -2.33. The smallest absolute Gasteiger partial charge is 0.356 e. The number of hydrogen-bond donors (Lipinski definition) is 2. The Morgan fingerprint density at radius 3 is 2.30 bits per heavy atom. The second-order valence-corrected chi connectivity index (χ2v) is 12.2. The maximum Gasteiger partial charge on any atom is 0.416 e. The average molecular weight is 610 g/mol. The predicted octanol–water partition coefficient (Wildman–Crippen LogP) is 7.48. The van der Waals surface area contributed by atoms with E-state index in [4.69, 9.17) is 16.6 Å². The maximum absolute atomic E-state index is 13.3. The highest BCUT2D eigenvalue weighted by Crippen LogP contribution is 2.34. The molecule has 1 aromatic heterocycles. The maximum atomic E-state index is 13.3. The van der Waals surface area contributed by atoms with Gasteiger partial charge in [-0.05, 0) is 59.9 Å². The number of anilines is 2. The molecule has 0 spiro atoms. The zero-order chi connectivity index (χ0) is 30.9. The third-order valence-corrected chi connectivity index (χ3v) is 7.35. The van der Waals surface area contributed by atoms with Crippen molar-refractivity contribution in [3.63, 3.8) is 0 Å². The fraction of sp³-hybridized carbons (Fsp3) is 0.312. The van der Waals surface area contributed by atoms with Crippen LogP contribution in [0, 0.1) is 5.41 Å². The Morgan fingerprint density at radius 2 is 1.67 bits per heavy atom. The number of halogens is 4. The fourth-order valence-corrected chi connectivity index (χ4v) is 4.90. The van der Waals surface area contributed by atoms with Crippen LogP contribution in [0.4, 0.5) is 24.7 Å². The lowest BCUT2D eigenvalue weighted by atomic mass is 9.92. The van der Waals surface area contributed by atoms with Gasteiger partial charge in [-0.15, -0.1) is 0 Å². The molecule has 2 heterocycles. The molecule has 4 aromatic rings. The van der Waals surface area contributed by atoms with E-state index in [0.29, 0.717) is 29.0 Å². The largest absolute Gasteiger partial charge is 0.416 e. The number of nitrogens with one attached hydrogen (secondary N) is 2. The minimum absolute atomic E-state index is 0.0835. The summed E-state index contributed by atoms with van der Waals surface area (Å²) in [6, 6.07) is 15.0. The minimum atomic E-state index is -4.44. The van der Waals surface area contributed by atoms with Crippen LogP contribution in [0.15, 0.2) is 60.7 Å². The first kappa shape index (κ1) is 30.3. The van der Waals surface area contributed by atoms with Crippen molar-refractivity contribution in [3.05, 3.63) is 82.4 Å². The zero-order valence-electron chi connectivity index (χ0n) is 24.0. The topological polar surface area (TPSA) is 87.2 Å². The van der Waals surface area contributed by atoms with Crippen molar-refractivity contribution in [3.8, 4) is 11.4 Å². The Balaban J connectivity index is 1.40. The number of aromatic nitrogens is 2. The van der Waals surface area contributed by atoms with E-state index < -0.39 is 17.6 Å². The Bertz CT molecular complexity index is 1680. The third kappa shape index (κ3) is 7.25. The van der Waals surface area contributed by atoms with Crippen LogP contribution in [0.2, 0.25) is 5.02 Å². The van der Waals surface area contributed by atoms with E-state index in [1.165, 1.54) is 12.1 Å². The van der Waals surface area contributed by atoms with Crippen LogP contribution in [-0.4, -0.2) is 34.9 Å². The number of nitrogens with zero attached hydrogens (tertiary/aromatic N) is 3. The van der Waals surface area contributed by atoms with Crippen molar-refractivity contribution in [2.24, 2.45) is 5.41 Å². The molecule has 2 N–H and O–H groups in total. The Morgan fingerprint density at radius 1 is 0.953 bits per heavy atom. The van der Waals surface area contributed by atoms with Crippen LogP contribution in [0.5, 0.6) is 0 Å². The summed E-state index contributed by atoms with van der Waals surface area (Å²) in [4.78, 5) is 36.9. The lowest BCUT2D eigenvalue weighted by Crippen LogP contribution is -2.37. The Labute approximate surface area is 252 Å². The van der Waals surface area contributed by atoms with E-state index in [-0.39, 0.29) is 34.3 Å². The molecule has 0 atom stereocenters. The number of carbonyl (C=O) groups excluding carboxylic acids is 2. The number of carbonyl (C=O) groups is 2. The number of rotatable bonds is 7. The van der Waals surface area contributed by atoms with Crippen LogP contribution in [-0.2, 0) is 17.5 Å². The molecular formula is C32H31ClF3N5O2. The van der Waals surface area contributed by atoms with Gasteiger partial charge in [0.2, 0.25) is 5.91 Å². The van der Waals surface area contributed by atoms with Crippen LogP contribution < -0.4 is 15.5 Å². The Hall–Kier alpha value is -4.18. The first-order valence-corrected chi connectivity index (χ1v) is 14.3. The van der Waals surface area contributed by atoms with E-state index in [1.807, 2.05) is 26.8 Å². The van der Waals surface area contributed by atoms with E-state index >= 15 is 0 Å². The standard InChI is InChI=1S/C32H31ClF3N5O2/c1-31(2,3)17-27(42)37-18-19-5-12-25(33)24(15-19)30(43)38-22-10-11-23-26(16-22)39-28(40-29(23)41-13-4-14-41)20-6-8-21(9-7-20)32(34,35)36/h5-12,15-16H,4,13-14,17-18H2,1-3H3,(H,37,42)(H,38,43). The van der Waals surface area contributed by atoms with Gasteiger partial charge in [0, 0.05) is 42.7 Å². The highest BCUT2D eigenvalue weighted by molar-refractivity contribution is 6.34. The van der Waals surface area contributed by atoms with Crippen molar-refractivity contribution in [1.82, 2.24) is 15.3 Å². The number of fused-ring (bicyclic) bond motifs is 1. The summed E-state index contributed by atoms with van der Waals surface area (Å²) in [7, 11) is 0. The van der Waals surface area contributed by atoms with Gasteiger partial charge in [0.25, 0.3) is 5.91 Å². The monoisotopic (exact) mass is 609 g/mol. The summed E-state index contributed by atoms with van der Waals surface area (Å²) in [6.07, 6.45) is -3.06. The van der Waals surface area contributed by atoms with E-state index in [9.17, 15) is 22.8 Å². The van der Waals surface area contributed by atoms with Gasteiger partial charge in [-0.3, -0.25) is 9.59 Å². The summed E-state index contributed by atoms with van der Waals surface area (Å²) in [5, 5.41) is 6.76. The molecule has 224 valence electrons. The minimum Gasteiger partial charge on any atom is -0.356 e. The van der Waals surface area contributed by atoms with Gasteiger partial charge < -0.3 is 15.5 Å². The molecule has 2 amide bonds. The number of benzene rings is 3. The molecular weight excluding hydrogens is 579 g/mol. The van der Waals surface area contributed by atoms with Crippen molar-refractivity contribution in [2.45, 2.75) is 46.3 Å². The van der Waals surface area contributed by atoms with Gasteiger partial charge in [-0.2, -0.15) is 13.2 Å². The lowest BCUT2D eigenvalue weighted by molar-refractivity contribution is -0.137. The highest BCUT2D eigenvalue weighted by Gasteiger charge is 2.30. The molecule has 5 rings (SSSR count). The molecule has 0 bridgehead atoms. The fourth-order valence-electron chi connectivity index (χ4n) is 4.70. The van der Waals surface area contributed by atoms with Gasteiger partial charge in [-0.1, -0.05) is 50.6 Å². The quantitative estimate of drug-likeness (QED) is 0.227. The first-order chi connectivity index (χ1) is 20.3. The van der Waals surface area contributed by atoms with Crippen molar-refractivity contribution < 1.29 is 22.8 Å². The summed E-state index contributed by atoms with van der Waals surface area (Å²) < 4.78 is 39.3. The van der Waals surface area contributed by atoms with E-state index in [1.54, 1.807) is 30.3 Å². The number of hydrogen-bond acceptors (Lipinski definition) is 5. The zero-order valence-corrected chi connectivity index (χ0v) is 24.7. The molecule has 3 aromatic carbocycles. The molecule has 43 heavy (non-hydrogen) atoms. The van der Waals surface area contributed by atoms with Gasteiger partial charge >= 0.3 is 6.18 Å². The van der Waals surface area contributed by atoms with Gasteiger partial charge in [0.1, 0.15) is 5.82 Å². The van der Waals surface area contributed by atoms with Crippen LogP contribution in [0.25, 0.3) is 22.3 Å². The van der Waals surface area contributed by atoms with E-state index in [0.717, 1.165) is 42.6 Å². The molecule has 1 fully saturated rings. The molecule has 1 saturated heterocycles. The molecule has 7 nitrogen and oxygen atoms in total. The summed E-state index contributed by atoms with van der Waals surface area (Å²) in [6.45, 7) is 7.82. The second-order valence-electron chi connectivity index (χ2n) is 11.8. The molecule has 0 saturated carbocycles. The molecule has 0 radical (unpaired) electrons.